The number of imidazole rings is 1. The summed E-state index contributed by atoms with van der Waals surface area (Å²) in [7, 11) is 1.98. The fourth-order valence-corrected chi connectivity index (χ4v) is 3.63. The minimum Gasteiger partial charge on any atom is -0.340 e. The number of pyridine rings is 1. The maximum atomic E-state index is 12.5. The molecule has 0 unspecified atom stereocenters. The lowest BCUT2D eigenvalue weighted by Gasteiger charge is -2.18. The number of aromatic nitrogens is 3. The van der Waals surface area contributed by atoms with Gasteiger partial charge in [-0.2, -0.15) is 0 Å². The molecule has 2 aromatic heterocycles. The summed E-state index contributed by atoms with van der Waals surface area (Å²) in [5, 5.41) is 3.64. The van der Waals surface area contributed by atoms with Gasteiger partial charge in [0.25, 0.3) is 0 Å². The number of carbonyl (C=O) groups is 1. The summed E-state index contributed by atoms with van der Waals surface area (Å²) in [4.78, 5) is 23.6. The lowest BCUT2D eigenvalue weighted by atomic mass is 10.00. The Kier molecular flexibility index (Phi) is 4.29. The molecular weight excluding hydrogens is 314 g/mol. The topological polar surface area (TPSA) is 63.1 Å². The maximum absolute atomic E-state index is 12.5. The number of aryl methyl sites for hydroxylation is 2. The molecule has 132 valence electrons. The Morgan fingerprint density at radius 2 is 2.16 bits per heavy atom. The molecule has 1 saturated carbocycles. The minimum atomic E-state index is 0.207. The van der Waals surface area contributed by atoms with E-state index in [-0.39, 0.29) is 17.9 Å². The first-order chi connectivity index (χ1) is 12.1. The second-order valence-electron chi connectivity index (χ2n) is 7.34. The Morgan fingerprint density at radius 3 is 2.84 bits per heavy atom. The summed E-state index contributed by atoms with van der Waals surface area (Å²) in [6.07, 6.45) is 7.83. The van der Waals surface area contributed by atoms with Crippen molar-refractivity contribution in [3.63, 3.8) is 0 Å². The van der Waals surface area contributed by atoms with Gasteiger partial charge in [0, 0.05) is 57.0 Å². The van der Waals surface area contributed by atoms with E-state index in [0.717, 1.165) is 37.3 Å². The van der Waals surface area contributed by atoms with Crippen LogP contribution >= 0.6 is 0 Å². The summed E-state index contributed by atoms with van der Waals surface area (Å²) in [5.74, 6) is 0.813. The normalized spacial score (nSPS) is 23.2. The molecule has 1 N–H and O–H groups in total. The number of rotatable bonds is 5. The number of hydrogen-bond donors (Lipinski definition) is 1. The average Bonchev–Trinajstić information content (AvgIpc) is 3.23. The third-order valence-electron chi connectivity index (χ3n) is 5.31. The van der Waals surface area contributed by atoms with E-state index in [9.17, 15) is 4.79 Å². The molecule has 2 atom stereocenters. The molecule has 0 radical (unpaired) electrons. The van der Waals surface area contributed by atoms with Crippen molar-refractivity contribution < 1.29 is 4.79 Å². The van der Waals surface area contributed by atoms with Gasteiger partial charge in [0.15, 0.2) is 0 Å². The van der Waals surface area contributed by atoms with Gasteiger partial charge >= 0.3 is 0 Å². The second-order valence-corrected chi connectivity index (χ2v) is 7.34. The Bertz CT molecular complexity index is 767. The van der Waals surface area contributed by atoms with Crippen molar-refractivity contribution in [3.8, 4) is 0 Å². The van der Waals surface area contributed by atoms with E-state index >= 15 is 0 Å². The van der Waals surface area contributed by atoms with Gasteiger partial charge in [-0.1, -0.05) is 6.07 Å². The van der Waals surface area contributed by atoms with E-state index in [1.54, 1.807) is 0 Å². The molecular formula is C19H25N5O. The van der Waals surface area contributed by atoms with Gasteiger partial charge in [-0.15, -0.1) is 0 Å². The molecule has 1 saturated heterocycles. The van der Waals surface area contributed by atoms with Gasteiger partial charge in [0.1, 0.15) is 0 Å². The van der Waals surface area contributed by atoms with Crippen molar-refractivity contribution in [3.05, 3.63) is 47.8 Å². The third kappa shape index (κ3) is 3.44. The van der Waals surface area contributed by atoms with E-state index < -0.39 is 0 Å². The van der Waals surface area contributed by atoms with E-state index in [0.29, 0.717) is 12.5 Å². The zero-order valence-electron chi connectivity index (χ0n) is 14.9. The average molecular weight is 339 g/mol. The molecule has 2 aromatic rings. The molecule has 3 heterocycles. The molecule has 6 heteroatoms. The maximum Gasteiger partial charge on any atom is 0.225 e. The van der Waals surface area contributed by atoms with Gasteiger partial charge in [-0.25, -0.2) is 4.98 Å². The summed E-state index contributed by atoms with van der Waals surface area (Å²) in [6, 6.07) is 4.25. The van der Waals surface area contributed by atoms with Crippen LogP contribution < -0.4 is 5.32 Å². The zero-order chi connectivity index (χ0) is 17.4. The van der Waals surface area contributed by atoms with Crippen LogP contribution in [0.25, 0.3) is 0 Å². The molecule has 6 nitrogen and oxygen atoms in total. The Labute approximate surface area is 148 Å². The van der Waals surface area contributed by atoms with Crippen LogP contribution in [-0.2, 0) is 18.4 Å². The van der Waals surface area contributed by atoms with Crippen LogP contribution in [-0.4, -0.2) is 44.5 Å². The highest BCUT2D eigenvalue weighted by Gasteiger charge is 2.41. The van der Waals surface area contributed by atoms with Crippen LogP contribution in [0, 0.1) is 12.8 Å². The number of hydrogen-bond acceptors (Lipinski definition) is 4. The van der Waals surface area contributed by atoms with Gasteiger partial charge < -0.3 is 14.8 Å². The van der Waals surface area contributed by atoms with Crippen LogP contribution in [0.15, 0.2) is 30.9 Å². The van der Waals surface area contributed by atoms with Gasteiger partial charge in [-0.3, -0.25) is 9.78 Å². The highest BCUT2D eigenvalue weighted by molar-refractivity contribution is 5.81. The molecule has 0 spiro atoms. The molecule has 1 aliphatic carbocycles. The van der Waals surface area contributed by atoms with E-state index in [4.69, 9.17) is 0 Å². The first kappa shape index (κ1) is 16.3. The fraction of sp³-hybridized carbons (Fsp3) is 0.526. The predicted molar refractivity (Wildman–Crippen MR) is 94.9 cm³/mol. The van der Waals surface area contributed by atoms with Gasteiger partial charge in [0.05, 0.1) is 17.7 Å². The molecule has 25 heavy (non-hydrogen) atoms. The lowest BCUT2D eigenvalue weighted by molar-refractivity contribution is -0.131. The second kappa shape index (κ2) is 6.59. The van der Waals surface area contributed by atoms with E-state index in [1.165, 1.54) is 5.56 Å². The summed E-state index contributed by atoms with van der Waals surface area (Å²) in [5.41, 5.74) is 3.31. The number of carbonyl (C=O) groups excluding carboxylic acids is 1. The molecule has 2 aliphatic rings. The Balaban J connectivity index is 1.50. The monoisotopic (exact) mass is 339 g/mol. The summed E-state index contributed by atoms with van der Waals surface area (Å²) >= 11 is 0. The van der Waals surface area contributed by atoms with Crippen LogP contribution in [0.5, 0.6) is 0 Å². The van der Waals surface area contributed by atoms with Crippen molar-refractivity contribution in [2.45, 2.75) is 38.3 Å². The van der Waals surface area contributed by atoms with Crippen LogP contribution in [0.4, 0.5) is 0 Å². The molecule has 4 rings (SSSR count). The predicted octanol–water partition coefficient (Wildman–Crippen LogP) is 1.62. The highest BCUT2D eigenvalue weighted by atomic mass is 16.2. The van der Waals surface area contributed by atoms with Gasteiger partial charge in [-0.05, 0) is 31.4 Å². The first-order valence-electron chi connectivity index (χ1n) is 9.02. The Morgan fingerprint density at radius 1 is 1.32 bits per heavy atom. The van der Waals surface area contributed by atoms with Gasteiger partial charge in [0.2, 0.25) is 5.91 Å². The SMILES string of the molecule is Cc1cccnc1CN[C@@H]1CN(C(=O)C2CC2)C[C@H]1c1cn(C)cn1. The number of amides is 1. The van der Waals surface area contributed by atoms with Crippen molar-refractivity contribution in [2.75, 3.05) is 13.1 Å². The first-order valence-corrected chi connectivity index (χ1v) is 9.02. The molecule has 0 bridgehead atoms. The van der Waals surface area contributed by atoms with Crippen molar-refractivity contribution in [2.24, 2.45) is 13.0 Å². The van der Waals surface area contributed by atoms with E-state index in [1.807, 2.05) is 35.1 Å². The largest absolute Gasteiger partial charge is 0.340 e. The lowest BCUT2D eigenvalue weighted by Crippen LogP contribution is -2.37. The Hall–Kier alpha value is -2.21. The van der Waals surface area contributed by atoms with Crippen LogP contribution in [0.3, 0.4) is 0 Å². The van der Waals surface area contributed by atoms with Crippen molar-refractivity contribution >= 4 is 5.91 Å². The molecule has 1 amide bonds. The fourth-order valence-electron chi connectivity index (χ4n) is 3.63. The highest BCUT2D eigenvalue weighted by Crippen LogP contribution is 2.35. The summed E-state index contributed by atoms with van der Waals surface area (Å²) < 4.78 is 1.97. The third-order valence-corrected chi connectivity index (χ3v) is 5.31. The standard InChI is InChI=1S/C19H25N5O/c1-13-4-3-7-20-16(13)8-21-18-11-24(19(25)14-5-6-14)9-15(18)17-10-23(2)12-22-17/h3-4,7,10,12,14-15,18,21H,5-6,8-9,11H2,1-2H3/t15-,18+/m0/s1. The van der Waals surface area contributed by atoms with Crippen molar-refractivity contribution in [1.29, 1.82) is 0 Å². The van der Waals surface area contributed by atoms with Crippen LogP contribution in [0.2, 0.25) is 0 Å². The smallest absolute Gasteiger partial charge is 0.225 e. The van der Waals surface area contributed by atoms with E-state index in [2.05, 4.69) is 34.5 Å². The number of nitrogens with one attached hydrogen (secondary N) is 1. The quantitative estimate of drug-likeness (QED) is 0.899. The van der Waals surface area contributed by atoms with Crippen molar-refractivity contribution in [1.82, 2.24) is 24.8 Å². The molecule has 1 aliphatic heterocycles. The zero-order valence-corrected chi connectivity index (χ0v) is 14.9. The minimum absolute atomic E-state index is 0.207. The number of nitrogens with zero attached hydrogens (tertiary/aromatic N) is 4. The summed E-state index contributed by atoms with van der Waals surface area (Å²) in [6.45, 7) is 4.30. The molecule has 0 aromatic carbocycles. The number of likely N-dealkylation sites (tertiary alicyclic amines) is 1. The molecule has 2 fully saturated rings. The van der Waals surface area contributed by atoms with Crippen LogP contribution in [0.1, 0.15) is 35.7 Å².